The van der Waals surface area contributed by atoms with Crippen LogP contribution in [0.2, 0.25) is 0 Å². The van der Waals surface area contributed by atoms with E-state index in [0.29, 0.717) is 6.04 Å². The first kappa shape index (κ1) is 13.6. The van der Waals surface area contributed by atoms with E-state index in [1.807, 2.05) is 12.1 Å². The van der Waals surface area contributed by atoms with Gasteiger partial charge in [-0.3, -0.25) is 4.21 Å². The molecule has 3 rings (SSSR count). The molecule has 0 bridgehead atoms. The quantitative estimate of drug-likeness (QED) is 0.914. The van der Waals surface area contributed by atoms with E-state index < -0.39 is 10.8 Å². The molecule has 1 N–H and O–H groups in total. The number of hydrogen-bond acceptors (Lipinski definition) is 3. The maximum Gasteiger partial charge on any atom is 0.123 e. The van der Waals surface area contributed by atoms with Crippen molar-refractivity contribution in [2.75, 3.05) is 18.1 Å². The van der Waals surface area contributed by atoms with Gasteiger partial charge in [-0.05, 0) is 36.6 Å². The number of halogens is 1. The van der Waals surface area contributed by atoms with Crippen molar-refractivity contribution < 1.29 is 8.95 Å². The number of nitrogens with one attached hydrogen (secondary N) is 1. The fourth-order valence-electron chi connectivity index (χ4n) is 2.70. The Kier molecular flexibility index (Phi) is 4.24. The normalized spacial score (nSPS) is 29.8. The number of ether oxygens (including phenoxy) is 1. The Hall–Kier alpha value is -0.390. The predicted octanol–water partition coefficient (Wildman–Crippen LogP) is 2.25. The van der Waals surface area contributed by atoms with E-state index in [1.165, 1.54) is 5.56 Å². The molecule has 0 aliphatic carbocycles. The van der Waals surface area contributed by atoms with Crippen molar-refractivity contribution in [3.63, 3.8) is 0 Å². The molecule has 1 atom stereocenters. The van der Waals surface area contributed by atoms with Crippen LogP contribution in [0.1, 0.15) is 18.4 Å². The summed E-state index contributed by atoms with van der Waals surface area (Å²) < 4.78 is 18.3. The molecule has 0 radical (unpaired) electrons. The van der Waals surface area contributed by atoms with Crippen LogP contribution in [0, 0.1) is 0 Å². The Morgan fingerprint density at radius 2 is 2.16 bits per heavy atom. The number of rotatable bonds is 3. The van der Waals surface area contributed by atoms with E-state index >= 15 is 0 Å². The molecular formula is C14H18BrNO2S. The molecule has 1 saturated heterocycles. The molecule has 104 valence electrons. The Balaban J connectivity index is 1.49. The maximum absolute atomic E-state index is 11.3. The summed E-state index contributed by atoms with van der Waals surface area (Å²) in [5, 5.41) is 3.56. The summed E-state index contributed by atoms with van der Waals surface area (Å²) in [4.78, 5) is 0. The molecule has 5 heteroatoms. The zero-order valence-corrected chi connectivity index (χ0v) is 13.1. The molecule has 19 heavy (non-hydrogen) atoms. The fraction of sp³-hybridized carbons (Fsp3) is 0.571. The Morgan fingerprint density at radius 1 is 1.37 bits per heavy atom. The van der Waals surface area contributed by atoms with Gasteiger partial charge in [0.25, 0.3) is 0 Å². The van der Waals surface area contributed by atoms with Crippen LogP contribution in [-0.4, -0.2) is 34.4 Å². The highest BCUT2D eigenvalue weighted by atomic mass is 79.9. The molecule has 2 heterocycles. The Morgan fingerprint density at radius 3 is 2.95 bits per heavy atom. The van der Waals surface area contributed by atoms with E-state index in [9.17, 15) is 4.21 Å². The van der Waals surface area contributed by atoms with Crippen molar-refractivity contribution in [1.29, 1.82) is 0 Å². The van der Waals surface area contributed by atoms with Crippen LogP contribution in [0.25, 0.3) is 0 Å². The second kappa shape index (κ2) is 5.94. The van der Waals surface area contributed by atoms with Crippen LogP contribution in [0.5, 0.6) is 5.75 Å². The summed E-state index contributed by atoms with van der Waals surface area (Å²) in [6, 6.07) is 6.70. The lowest BCUT2D eigenvalue weighted by Gasteiger charge is -2.24. The largest absolute Gasteiger partial charge is 0.488 e. The smallest absolute Gasteiger partial charge is 0.123 e. The first-order chi connectivity index (χ1) is 9.20. The first-order valence-corrected chi connectivity index (χ1v) is 9.02. The van der Waals surface area contributed by atoms with Crippen molar-refractivity contribution in [3.8, 4) is 5.75 Å². The van der Waals surface area contributed by atoms with Crippen molar-refractivity contribution in [2.24, 2.45) is 0 Å². The van der Waals surface area contributed by atoms with Gasteiger partial charge in [0.05, 0.1) is 0 Å². The maximum atomic E-state index is 11.3. The van der Waals surface area contributed by atoms with Crippen LogP contribution < -0.4 is 10.1 Å². The van der Waals surface area contributed by atoms with Crippen LogP contribution in [-0.2, 0) is 17.2 Å². The van der Waals surface area contributed by atoms with E-state index in [-0.39, 0.29) is 6.10 Å². The molecule has 0 spiro atoms. The number of hydrogen-bond donors (Lipinski definition) is 1. The summed E-state index contributed by atoms with van der Waals surface area (Å²) in [5.74, 6) is 2.70. The molecule has 0 aromatic heterocycles. The van der Waals surface area contributed by atoms with Gasteiger partial charge in [0.1, 0.15) is 11.9 Å². The summed E-state index contributed by atoms with van der Waals surface area (Å²) >= 11 is 3.49. The van der Waals surface area contributed by atoms with Crippen molar-refractivity contribution in [2.45, 2.75) is 31.4 Å². The van der Waals surface area contributed by atoms with Gasteiger partial charge in [0, 0.05) is 45.8 Å². The molecule has 1 fully saturated rings. The van der Waals surface area contributed by atoms with Crippen LogP contribution >= 0.6 is 15.9 Å². The van der Waals surface area contributed by atoms with E-state index in [4.69, 9.17) is 4.74 Å². The summed E-state index contributed by atoms with van der Waals surface area (Å²) in [6.45, 7) is 0.879. The summed E-state index contributed by atoms with van der Waals surface area (Å²) in [6.07, 6.45) is 3.26. The molecule has 1 aromatic carbocycles. The number of fused-ring (bicyclic) bond motifs is 1. The lowest BCUT2D eigenvalue weighted by atomic mass is 10.1. The molecule has 1 unspecified atom stereocenters. The SMILES string of the molecule is O=S1CCC(NCC2Cc3cc(Br)ccc3O2)CC1. The highest BCUT2D eigenvalue weighted by molar-refractivity contribution is 9.10. The minimum atomic E-state index is -0.578. The zero-order chi connectivity index (χ0) is 13.2. The molecule has 2 aliphatic heterocycles. The van der Waals surface area contributed by atoms with Crippen LogP contribution in [0.4, 0.5) is 0 Å². The lowest BCUT2D eigenvalue weighted by molar-refractivity contribution is 0.219. The predicted molar refractivity (Wildman–Crippen MR) is 81.2 cm³/mol. The van der Waals surface area contributed by atoms with Gasteiger partial charge in [-0.1, -0.05) is 15.9 Å². The molecular weight excluding hydrogens is 326 g/mol. The first-order valence-electron chi connectivity index (χ1n) is 6.74. The summed E-state index contributed by atoms with van der Waals surface area (Å²) in [5.41, 5.74) is 1.28. The van der Waals surface area contributed by atoms with Crippen molar-refractivity contribution in [1.82, 2.24) is 5.32 Å². The highest BCUT2D eigenvalue weighted by Gasteiger charge is 2.24. The van der Waals surface area contributed by atoms with Gasteiger partial charge in [-0.25, -0.2) is 0 Å². The Labute approximate surface area is 124 Å². The average molecular weight is 344 g/mol. The van der Waals surface area contributed by atoms with Crippen molar-refractivity contribution in [3.05, 3.63) is 28.2 Å². The zero-order valence-electron chi connectivity index (χ0n) is 10.7. The molecule has 3 nitrogen and oxygen atoms in total. The molecule has 2 aliphatic rings. The van der Waals surface area contributed by atoms with Crippen LogP contribution in [0.15, 0.2) is 22.7 Å². The second-order valence-electron chi connectivity index (χ2n) is 5.23. The Bertz CT molecular complexity index is 484. The average Bonchev–Trinajstić information content (AvgIpc) is 2.80. The second-order valence-corrected chi connectivity index (χ2v) is 7.84. The van der Waals surface area contributed by atoms with Gasteiger partial charge < -0.3 is 10.1 Å². The third-order valence-electron chi connectivity index (χ3n) is 3.79. The number of benzene rings is 1. The third kappa shape index (κ3) is 3.38. The minimum Gasteiger partial charge on any atom is -0.488 e. The monoisotopic (exact) mass is 343 g/mol. The van der Waals surface area contributed by atoms with Gasteiger partial charge in [-0.15, -0.1) is 0 Å². The van der Waals surface area contributed by atoms with E-state index in [2.05, 4.69) is 27.3 Å². The molecule has 0 saturated carbocycles. The van der Waals surface area contributed by atoms with Gasteiger partial charge in [-0.2, -0.15) is 0 Å². The third-order valence-corrected chi connectivity index (χ3v) is 5.66. The molecule has 0 amide bonds. The van der Waals surface area contributed by atoms with E-state index in [1.54, 1.807) is 0 Å². The fourth-order valence-corrected chi connectivity index (χ4v) is 4.41. The molecule has 1 aromatic rings. The van der Waals surface area contributed by atoms with E-state index in [0.717, 1.165) is 47.5 Å². The van der Waals surface area contributed by atoms with Gasteiger partial charge in [0.15, 0.2) is 0 Å². The minimum absolute atomic E-state index is 0.233. The highest BCUT2D eigenvalue weighted by Crippen LogP contribution is 2.31. The van der Waals surface area contributed by atoms with Gasteiger partial charge in [0.2, 0.25) is 0 Å². The lowest BCUT2D eigenvalue weighted by Crippen LogP contribution is -2.41. The summed E-state index contributed by atoms with van der Waals surface area (Å²) in [7, 11) is -0.578. The van der Waals surface area contributed by atoms with Crippen molar-refractivity contribution >= 4 is 26.7 Å². The van der Waals surface area contributed by atoms with Crippen LogP contribution in [0.3, 0.4) is 0 Å². The van der Waals surface area contributed by atoms with Gasteiger partial charge >= 0.3 is 0 Å². The standard InChI is InChI=1S/C14H18BrNO2S/c15-11-1-2-14-10(7-11)8-13(18-14)9-16-12-3-5-19(17)6-4-12/h1-2,7,12-13,16H,3-6,8-9H2. The topological polar surface area (TPSA) is 38.3 Å².